The Morgan fingerprint density at radius 1 is 0.400 bits per heavy atom. The van der Waals surface area contributed by atoms with Crippen LogP contribution in [-0.4, -0.2) is 57.0 Å². The van der Waals surface area contributed by atoms with Crippen LogP contribution in [0, 0.1) is 20.5 Å². The minimum Gasteiger partial charge on any atom is -0.857 e. The zero-order chi connectivity index (χ0) is 51.2. The number of benzene rings is 2. The van der Waals surface area contributed by atoms with E-state index in [1.165, 1.54) is 12.1 Å². The number of rotatable bonds is 14. The first-order valence-electron chi connectivity index (χ1n) is 19.4. The number of alkyl halides is 6. The third-order valence-electron chi connectivity index (χ3n) is 8.28. The fraction of sp³-hybridized carbons (Fsp3) is 0.273. The van der Waals surface area contributed by atoms with Crippen LogP contribution in [0.5, 0.6) is 0 Å². The summed E-state index contributed by atoms with van der Waals surface area (Å²) in [6, 6.07) is 39.3. The molecule has 390 valence electrons. The Balaban J connectivity index is 0. The molecule has 2 aromatic carbocycles. The van der Waals surface area contributed by atoms with E-state index in [0.717, 1.165) is 48.9 Å². The molecular formula is C44H46Cl2Cu2F6N6O10. The predicted molar refractivity (Wildman–Crippen MR) is 207 cm³/mol. The third-order valence-corrected chi connectivity index (χ3v) is 8.28. The fourth-order valence-corrected chi connectivity index (χ4v) is 5.66. The maximum absolute atomic E-state index is 12.9. The Kier molecular flexibility index (Phi) is 34.7. The van der Waals surface area contributed by atoms with Gasteiger partial charge >= 0.3 is 46.5 Å². The van der Waals surface area contributed by atoms with E-state index >= 15 is 0 Å². The van der Waals surface area contributed by atoms with E-state index in [1.807, 2.05) is 97.1 Å². The molecule has 0 spiro atoms. The van der Waals surface area contributed by atoms with E-state index in [0.29, 0.717) is 63.5 Å². The molecule has 0 bridgehead atoms. The molecule has 0 amide bonds. The van der Waals surface area contributed by atoms with Crippen LogP contribution in [-0.2, 0) is 85.5 Å². The topological polar surface area (TPSA) is 289 Å². The van der Waals surface area contributed by atoms with Gasteiger partial charge in [0.1, 0.15) is 11.4 Å². The van der Waals surface area contributed by atoms with Crippen LogP contribution in [0.2, 0.25) is 0 Å². The van der Waals surface area contributed by atoms with Crippen molar-refractivity contribution in [1.29, 1.82) is 0 Å². The van der Waals surface area contributed by atoms with Gasteiger partial charge in [0.05, 0.1) is 11.4 Å². The Hall–Kier alpha value is -4.24. The monoisotopic (exact) mass is 1130 g/mol. The molecule has 6 aromatic rings. The Labute approximate surface area is 426 Å². The largest absolute Gasteiger partial charge is 2.00 e. The minimum absolute atomic E-state index is 0. The fourth-order valence-electron chi connectivity index (χ4n) is 5.66. The van der Waals surface area contributed by atoms with Crippen LogP contribution >= 0.6 is 0 Å². The summed E-state index contributed by atoms with van der Waals surface area (Å²) in [5, 5.41) is 16.5. The van der Waals surface area contributed by atoms with Gasteiger partial charge in [0.25, 0.3) is 0 Å². The Bertz CT molecular complexity index is 2050. The molecule has 70 heavy (non-hydrogen) atoms. The second-order valence-corrected chi connectivity index (χ2v) is 14.8. The van der Waals surface area contributed by atoms with Gasteiger partial charge in [-0.25, -0.2) is 47.2 Å². The molecule has 0 aliphatic carbocycles. The quantitative estimate of drug-likeness (QED) is 0.0835. The van der Waals surface area contributed by atoms with Gasteiger partial charge in [-0.15, -0.1) is 20.5 Å². The molecule has 0 fully saturated rings. The molecule has 2 radical (unpaired) electrons. The molecule has 0 unspecified atom stereocenters. The standard InChI is InChI=1S/2C21H20F3N3.2CH3O.2ClHO4.2Cu/c2*22-21(23,24)20-11-6-10-19(26-20)16-27(15-17-7-2-1-3-8-17)14-12-18-9-4-5-13-25-18;2*1-2;2*2-1(3,4)5;;/h2*1-11,13H,12,14-16H2;2*1H3;2*(H,2,3,4,5);;/q;;2*-1;;;2*+2/p-2. The van der Waals surface area contributed by atoms with Crippen molar-refractivity contribution in [3.05, 3.63) is 191 Å². The number of pyridine rings is 4. The van der Waals surface area contributed by atoms with E-state index in [-0.39, 0.29) is 34.1 Å². The van der Waals surface area contributed by atoms with Gasteiger partial charge in [-0.1, -0.05) is 84.9 Å². The van der Waals surface area contributed by atoms with Crippen LogP contribution in [0.4, 0.5) is 26.3 Å². The van der Waals surface area contributed by atoms with Gasteiger partial charge in [0.2, 0.25) is 0 Å². The first-order chi connectivity index (χ1) is 32.0. The smallest absolute Gasteiger partial charge is 0.857 e. The molecular weight excluding hydrogens is 1080 g/mol. The number of nitrogens with zero attached hydrogens (tertiary/aromatic N) is 6. The summed E-state index contributed by atoms with van der Waals surface area (Å²) in [6.45, 7) is 3.28. The summed E-state index contributed by atoms with van der Waals surface area (Å²) in [6.07, 6.45) is -3.96. The molecule has 0 aliphatic rings. The third kappa shape index (κ3) is 34.1. The molecule has 0 N–H and O–H groups in total. The summed E-state index contributed by atoms with van der Waals surface area (Å²) >= 11 is 0. The first-order valence-corrected chi connectivity index (χ1v) is 21.9. The molecule has 6 rings (SSSR count). The Morgan fingerprint density at radius 3 is 0.957 bits per heavy atom. The van der Waals surface area contributed by atoms with Gasteiger partial charge in [-0.2, -0.15) is 40.6 Å². The molecule has 0 saturated carbocycles. The summed E-state index contributed by atoms with van der Waals surface area (Å²) in [7, 11) is -8.39. The minimum atomic E-state index is -4.94. The van der Waals surface area contributed by atoms with Crippen molar-refractivity contribution in [3.8, 4) is 0 Å². The number of hydrogen-bond donors (Lipinski definition) is 0. The van der Waals surface area contributed by atoms with Crippen LogP contribution in [0.3, 0.4) is 0 Å². The summed E-state index contributed by atoms with van der Waals surface area (Å²) < 4.78 is 146. The SMILES string of the molecule is C[O-].C[O-].FC(F)(F)c1cccc(CN(CCc2ccccn2)Cc2ccccc2)n1.FC(F)(F)c1cccc(CN(CCc2ccccn2)Cc2ccccc2)n1.[Cu+2].[Cu+2].[O-][Cl+3]([O-])([O-])[O-].[O-][Cl+3]([O-])([O-])[O-]. The van der Waals surface area contributed by atoms with E-state index in [1.54, 1.807) is 24.5 Å². The second kappa shape index (κ2) is 35.8. The van der Waals surface area contributed by atoms with Gasteiger partial charge in [-0.05, 0) is 59.7 Å². The van der Waals surface area contributed by atoms with Crippen LogP contribution in [0.25, 0.3) is 0 Å². The molecule has 0 saturated heterocycles. The first kappa shape index (κ1) is 67.8. The summed E-state index contributed by atoms with van der Waals surface area (Å²) in [4.78, 5) is 20.4. The average molecular weight is 1130 g/mol. The zero-order valence-corrected chi connectivity index (χ0v) is 40.3. The average Bonchev–Trinajstić information content (AvgIpc) is 3.29. The molecule has 4 aromatic heterocycles. The predicted octanol–water partition coefficient (Wildman–Crippen LogP) is -2.08. The zero-order valence-electron chi connectivity index (χ0n) is 36.9. The number of halogens is 8. The molecule has 0 atom stereocenters. The van der Waals surface area contributed by atoms with Gasteiger partial charge < -0.3 is 10.2 Å². The van der Waals surface area contributed by atoms with Gasteiger partial charge in [0.15, 0.2) is 0 Å². The van der Waals surface area contributed by atoms with E-state index in [4.69, 9.17) is 47.5 Å². The van der Waals surface area contributed by atoms with Crippen LogP contribution in [0.1, 0.15) is 45.3 Å². The van der Waals surface area contributed by atoms with Crippen molar-refractivity contribution in [1.82, 2.24) is 29.7 Å². The second-order valence-electron chi connectivity index (χ2n) is 13.3. The van der Waals surface area contributed by atoms with Gasteiger partial charge in [-0.3, -0.25) is 19.8 Å². The van der Waals surface area contributed by atoms with Crippen LogP contribution in [0.15, 0.2) is 146 Å². The Morgan fingerprint density at radius 2 is 0.686 bits per heavy atom. The molecule has 4 heterocycles. The summed E-state index contributed by atoms with van der Waals surface area (Å²) in [5.41, 5.74) is 3.20. The molecule has 16 nitrogen and oxygen atoms in total. The van der Waals surface area contributed by atoms with E-state index in [9.17, 15) is 26.3 Å². The van der Waals surface area contributed by atoms with Crippen molar-refractivity contribution in [2.24, 2.45) is 0 Å². The number of hydrogen-bond acceptors (Lipinski definition) is 16. The van der Waals surface area contributed by atoms with Crippen molar-refractivity contribution < 1.29 is 128 Å². The molecule has 0 aliphatic heterocycles. The van der Waals surface area contributed by atoms with Crippen LogP contribution < -0.4 is 47.5 Å². The van der Waals surface area contributed by atoms with E-state index in [2.05, 4.69) is 29.7 Å². The number of aromatic nitrogens is 4. The van der Waals surface area contributed by atoms with Gasteiger partial charge in [0, 0.05) is 75.9 Å². The van der Waals surface area contributed by atoms with Crippen molar-refractivity contribution in [2.45, 2.75) is 51.4 Å². The summed E-state index contributed by atoms with van der Waals surface area (Å²) in [5.74, 6) is 0. The maximum Gasteiger partial charge on any atom is 2.00 e. The van der Waals surface area contributed by atoms with E-state index < -0.39 is 44.2 Å². The van der Waals surface area contributed by atoms with Crippen molar-refractivity contribution in [2.75, 3.05) is 27.3 Å². The molecule has 26 heteroatoms. The maximum atomic E-state index is 12.9. The normalized spacial score (nSPS) is 10.9. The van der Waals surface area contributed by atoms with Crippen molar-refractivity contribution >= 4 is 0 Å². The van der Waals surface area contributed by atoms with Crippen molar-refractivity contribution in [3.63, 3.8) is 0 Å².